The molecule has 74 valence electrons. The second-order valence-electron chi connectivity index (χ2n) is 4.20. The second kappa shape index (κ2) is 3.87. The van der Waals surface area contributed by atoms with Gasteiger partial charge in [0.05, 0.1) is 0 Å². The molecule has 2 aliphatic rings. The Labute approximate surface area is 84.2 Å². The van der Waals surface area contributed by atoms with E-state index in [1.54, 1.807) is 0 Å². The van der Waals surface area contributed by atoms with Crippen LogP contribution in [0.4, 0.5) is 0 Å². The van der Waals surface area contributed by atoms with Crippen molar-refractivity contribution < 1.29 is 4.79 Å². The number of halogens is 1. The molecule has 0 unspecified atom stereocenters. The van der Waals surface area contributed by atoms with Crippen molar-refractivity contribution in [2.45, 2.75) is 37.5 Å². The molecule has 2 fully saturated rings. The van der Waals surface area contributed by atoms with Crippen molar-refractivity contribution >= 4 is 17.5 Å². The van der Waals surface area contributed by atoms with Gasteiger partial charge in [-0.15, -0.1) is 11.6 Å². The van der Waals surface area contributed by atoms with Crippen molar-refractivity contribution in [1.82, 2.24) is 4.90 Å². The van der Waals surface area contributed by atoms with Crippen molar-refractivity contribution in [2.24, 2.45) is 5.92 Å². The Balaban J connectivity index is 1.75. The molecule has 1 heterocycles. The highest BCUT2D eigenvalue weighted by Crippen LogP contribution is 2.33. The number of carbonyl (C=O) groups is 1. The van der Waals surface area contributed by atoms with Crippen molar-refractivity contribution in [3.05, 3.63) is 0 Å². The molecule has 0 bridgehead atoms. The Kier molecular flexibility index (Phi) is 2.77. The lowest BCUT2D eigenvalue weighted by Gasteiger charge is -2.29. The van der Waals surface area contributed by atoms with Gasteiger partial charge in [-0.25, -0.2) is 0 Å². The van der Waals surface area contributed by atoms with E-state index in [2.05, 4.69) is 0 Å². The summed E-state index contributed by atoms with van der Waals surface area (Å²) in [6.07, 6.45) is 5.25. The summed E-state index contributed by atoms with van der Waals surface area (Å²) in [7, 11) is 0. The topological polar surface area (TPSA) is 20.3 Å². The van der Waals surface area contributed by atoms with Crippen molar-refractivity contribution in [1.29, 1.82) is 0 Å². The first-order valence-electron chi connectivity index (χ1n) is 5.17. The van der Waals surface area contributed by atoms with E-state index >= 15 is 0 Å². The third kappa shape index (κ3) is 2.60. The van der Waals surface area contributed by atoms with Crippen molar-refractivity contribution in [3.63, 3.8) is 0 Å². The fraction of sp³-hybridized carbons (Fsp3) is 0.900. The molecule has 2 nitrogen and oxygen atoms in total. The molecule has 1 amide bonds. The quantitative estimate of drug-likeness (QED) is 0.626. The van der Waals surface area contributed by atoms with Crippen LogP contribution >= 0.6 is 11.6 Å². The molecule has 0 atom stereocenters. The lowest BCUT2D eigenvalue weighted by Crippen LogP contribution is -2.38. The first kappa shape index (κ1) is 9.32. The van der Waals surface area contributed by atoms with E-state index in [0.717, 1.165) is 32.4 Å². The van der Waals surface area contributed by atoms with Crippen molar-refractivity contribution in [2.75, 3.05) is 13.1 Å². The predicted octanol–water partition coefficient (Wildman–Crippen LogP) is 2.02. The van der Waals surface area contributed by atoms with Gasteiger partial charge in [0.15, 0.2) is 0 Å². The Hall–Kier alpha value is -0.240. The zero-order valence-electron chi connectivity index (χ0n) is 7.84. The third-order valence-electron chi connectivity index (χ3n) is 2.94. The van der Waals surface area contributed by atoms with E-state index in [0.29, 0.717) is 17.2 Å². The second-order valence-corrected chi connectivity index (χ2v) is 4.82. The van der Waals surface area contributed by atoms with Crippen LogP contribution in [-0.2, 0) is 4.79 Å². The van der Waals surface area contributed by atoms with Gasteiger partial charge in [0.2, 0.25) is 5.91 Å². The lowest BCUT2D eigenvalue weighted by molar-refractivity contribution is -0.132. The van der Waals surface area contributed by atoms with Crippen molar-refractivity contribution in [3.8, 4) is 0 Å². The monoisotopic (exact) mass is 201 g/mol. The summed E-state index contributed by atoms with van der Waals surface area (Å²) in [5.41, 5.74) is 0. The van der Waals surface area contributed by atoms with Crippen LogP contribution in [0.3, 0.4) is 0 Å². The van der Waals surface area contributed by atoms with Gasteiger partial charge in [0.25, 0.3) is 0 Å². The number of rotatable bonds is 2. The molecule has 0 radical (unpaired) electrons. The highest BCUT2D eigenvalue weighted by atomic mass is 35.5. The number of hydrogen-bond donors (Lipinski definition) is 0. The molecular weight excluding hydrogens is 186 g/mol. The maximum atomic E-state index is 11.6. The average molecular weight is 202 g/mol. The highest BCUT2D eigenvalue weighted by Gasteiger charge is 2.28. The van der Waals surface area contributed by atoms with E-state index in [1.807, 2.05) is 4.90 Å². The number of alkyl halides is 1. The fourth-order valence-electron chi connectivity index (χ4n) is 1.80. The van der Waals surface area contributed by atoms with Gasteiger partial charge in [-0.3, -0.25) is 4.79 Å². The Bertz CT molecular complexity index is 195. The summed E-state index contributed by atoms with van der Waals surface area (Å²) in [4.78, 5) is 13.6. The van der Waals surface area contributed by atoms with E-state index < -0.39 is 0 Å². The summed E-state index contributed by atoms with van der Waals surface area (Å²) in [6, 6.07) is 0. The van der Waals surface area contributed by atoms with Gasteiger partial charge in [-0.05, 0) is 31.6 Å². The molecule has 0 aromatic carbocycles. The van der Waals surface area contributed by atoms with Crippen LogP contribution in [0.5, 0.6) is 0 Å². The summed E-state index contributed by atoms with van der Waals surface area (Å²) in [5.74, 6) is 1.06. The van der Waals surface area contributed by atoms with Gasteiger partial charge in [-0.1, -0.05) is 0 Å². The zero-order chi connectivity index (χ0) is 9.26. The maximum Gasteiger partial charge on any atom is 0.222 e. The van der Waals surface area contributed by atoms with Crippen LogP contribution < -0.4 is 0 Å². The lowest BCUT2D eigenvalue weighted by atomic mass is 10.1. The van der Waals surface area contributed by atoms with Gasteiger partial charge >= 0.3 is 0 Å². The van der Waals surface area contributed by atoms with Crippen LogP contribution in [0, 0.1) is 5.92 Å². The summed E-state index contributed by atoms with van der Waals surface area (Å²) in [6.45, 7) is 1.75. The van der Waals surface area contributed by atoms with E-state index in [1.165, 1.54) is 12.8 Å². The SMILES string of the molecule is O=C(CC1CC1)N1CCC(Cl)CC1. The first-order valence-corrected chi connectivity index (χ1v) is 5.61. The number of carbonyl (C=O) groups excluding carboxylic acids is 1. The minimum Gasteiger partial charge on any atom is -0.343 e. The molecule has 1 aliphatic carbocycles. The average Bonchev–Trinajstić information content (AvgIpc) is 2.89. The summed E-state index contributed by atoms with van der Waals surface area (Å²) >= 11 is 5.97. The largest absolute Gasteiger partial charge is 0.343 e. The van der Waals surface area contributed by atoms with E-state index in [4.69, 9.17) is 11.6 Å². The Morgan fingerprint density at radius 2 is 1.85 bits per heavy atom. The van der Waals surface area contributed by atoms with Gasteiger partial charge in [-0.2, -0.15) is 0 Å². The minimum absolute atomic E-state index is 0.296. The van der Waals surface area contributed by atoms with Gasteiger partial charge in [0, 0.05) is 24.9 Å². The van der Waals surface area contributed by atoms with Crippen LogP contribution in [0.2, 0.25) is 0 Å². The molecule has 0 N–H and O–H groups in total. The number of nitrogens with zero attached hydrogens (tertiary/aromatic N) is 1. The zero-order valence-corrected chi connectivity index (χ0v) is 8.59. The number of piperidine rings is 1. The number of amides is 1. The minimum atomic E-state index is 0.296. The molecule has 2 rings (SSSR count). The molecule has 0 spiro atoms. The highest BCUT2D eigenvalue weighted by molar-refractivity contribution is 6.20. The number of hydrogen-bond acceptors (Lipinski definition) is 1. The smallest absolute Gasteiger partial charge is 0.222 e. The maximum absolute atomic E-state index is 11.6. The molecule has 1 saturated heterocycles. The standard InChI is InChI=1S/C10H16ClNO/c11-9-3-5-12(6-4-9)10(13)7-8-1-2-8/h8-9H,1-7H2. The summed E-state index contributed by atoms with van der Waals surface area (Å²) in [5, 5.41) is 0.296. The van der Waals surface area contributed by atoms with Gasteiger partial charge in [0.1, 0.15) is 0 Å². The predicted molar refractivity (Wildman–Crippen MR) is 52.8 cm³/mol. The summed E-state index contributed by atoms with van der Waals surface area (Å²) < 4.78 is 0. The first-order chi connectivity index (χ1) is 6.25. The Morgan fingerprint density at radius 1 is 1.23 bits per heavy atom. The van der Waals surface area contributed by atoms with E-state index in [-0.39, 0.29) is 0 Å². The van der Waals surface area contributed by atoms with Crippen LogP contribution in [0.15, 0.2) is 0 Å². The normalized spacial score (nSPS) is 24.8. The molecular formula is C10H16ClNO. The fourth-order valence-corrected chi connectivity index (χ4v) is 1.99. The van der Waals surface area contributed by atoms with Crippen LogP contribution in [0.1, 0.15) is 32.1 Å². The van der Waals surface area contributed by atoms with Gasteiger partial charge < -0.3 is 4.90 Å². The van der Waals surface area contributed by atoms with Crippen LogP contribution in [0.25, 0.3) is 0 Å². The third-order valence-corrected chi connectivity index (χ3v) is 3.37. The number of likely N-dealkylation sites (tertiary alicyclic amines) is 1. The van der Waals surface area contributed by atoms with Crippen LogP contribution in [-0.4, -0.2) is 29.3 Å². The molecule has 1 saturated carbocycles. The molecule has 13 heavy (non-hydrogen) atoms. The molecule has 0 aromatic rings. The Morgan fingerprint density at radius 3 is 2.38 bits per heavy atom. The molecule has 0 aromatic heterocycles. The molecule has 3 heteroatoms. The van der Waals surface area contributed by atoms with E-state index in [9.17, 15) is 4.79 Å². The molecule has 1 aliphatic heterocycles.